The van der Waals surface area contributed by atoms with E-state index in [1.165, 1.54) is 25.0 Å². The van der Waals surface area contributed by atoms with Gasteiger partial charge in [-0.15, -0.1) is 0 Å². The van der Waals surface area contributed by atoms with Crippen molar-refractivity contribution < 1.29 is 0 Å². The Hall–Kier alpha value is -0.160. The summed E-state index contributed by atoms with van der Waals surface area (Å²) >= 11 is 2.03. The number of nitriles is 1. The molecule has 1 aliphatic carbocycles. The van der Waals surface area contributed by atoms with Crippen molar-refractivity contribution in [3.05, 3.63) is 0 Å². The first-order chi connectivity index (χ1) is 7.17. The van der Waals surface area contributed by atoms with E-state index in [1.807, 2.05) is 11.8 Å². The van der Waals surface area contributed by atoms with Crippen molar-refractivity contribution >= 4 is 11.8 Å². The minimum absolute atomic E-state index is 0.316. The van der Waals surface area contributed by atoms with Crippen molar-refractivity contribution in [1.82, 2.24) is 0 Å². The van der Waals surface area contributed by atoms with Crippen LogP contribution in [0.25, 0.3) is 0 Å². The van der Waals surface area contributed by atoms with Gasteiger partial charge < -0.3 is 0 Å². The van der Waals surface area contributed by atoms with Gasteiger partial charge in [0, 0.05) is 5.25 Å². The van der Waals surface area contributed by atoms with Crippen LogP contribution in [0.1, 0.15) is 46.5 Å². The lowest BCUT2D eigenvalue weighted by Crippen LogP contribution is -2.26. The van der Waals surface area contributed by atoms with Gasteiger partial charge in [-0.2, -0.15) is 17.0 Å². The predicted molar refractivity (Wildman–Crippen MR) is 67.8 cm³/mol. The third-order valence-electron chi connectivity index (χ3n) is 3.29. The lowest BCUT2D eigenvalue weighted by atomic mass is 9.81. The van der Waals surface area contributed by atoms with Crippen LogP contribution in [0.5, 0.6) is 0 Å². The highest BCUT2D eigenvalue weighted by atomic mass is 32.2. The van der Waals surface area contributed by atoms with Gasteiger partial charge in [0.25, 0.3) is 0 Å². The molecule has 1 aliphatic rings. The molecule has 3 unspecified atom stereocenters. The molecular weight excluding hydrogens is 202 g/mol. The van der Waals surface area contributed by atoms with Crippen molar-refractivity contribution in [2.24, 2.45) is 17.8 Å². The van der Waals surface area contributed by atoms with Gasteiger partial charge in [0.05, 0.1) is 12.0 Å². The van der Waals surface area contributed by atoms with E-state index in [1.54, 1.807) is 0 Å². The monoisotopic (exact) mass is 225 g/mol. The van der Waals surface area contributed by atoms with Crippen molar-refractivity contribution in [1.29, 1.82) is 5.26 Å². The van der Waals surface area contributed by atoms with Gasteiger partial charge in [0.2, 0.25) is 0 Å². The molecule has 0 spiro atoms. The van der Waals surface area contributed by atoms with Crippen LogP contribution in [-0.2, 0) is 0 Å². The second-order valence-electron chi connectivity index (χ2n) is 5.09. The maximum absolute atomic E-state index is 9.12. The lowest BCUT2D eigenvalue weighted by molar-refractivity contribution is 0.317. The number of nitrogens with zero attached hydrogens (tertiary/aromatic N) is 1. The lowest BCUT2D eigenvalue weighted by Gasteiger charge is -2.32. The highest BCUT2D eigenvalue weighted by molar-refractivity contribution is 7.99. The van der Waals surface area contributed by atoms with E-state index in [0.717, 1.165) is 18.3 Å². The summed E-state index contributed by atoms with van der Waals surface area (Å²) in [5, 5.41) is 9.73. The van der Waals surface area contributed by atoms with Gasteiger partial charge >= 0.3 is 0 Å². The Morgan fingerprint density at radius 1 is 1.40 bits per heavy atom. The van der Waals surface area contributed by atoms with Crippen LogP contribution in [0.3, 0.4) is 0 Å². The molecule has 0 heterocycles. The fourth-order valence-electron chi connectivity index (χ4n) is 2.23. The highest BCUT2D eigenvalue weighted by Crippen LogP contribution is 2.38. The van der Waals surface area contributed by atoms with E-state index in [0.29, 0.717) is 11.2 Å². The molecule has 1 rings (SSSR count). The van der Waals surface area contributed by atoms with Gasteiger partial charge in [-0.3, -0.25) is 0 Å². The molecule has 1 nitrogen and oxygen atoms in total. The molecule has 15 heavy (non-hydrogen) atoms. The summed E-state index contributed by atoms with van der Waals surface area (Å²) in [6.45, 7) is 6.80. The topological polar surface area (TPSA) is 23.8 Å². The van der Waals surface area contributed by atoms with E-state index < -0.39 is 0 Å². The molecule has 2 heteroatoms. The Balaban J connectivity index is 2.44. The predicted octanol–water partition coefficient (Wildman–Crippen LogP) is 4.09. The Morgan fingerprint density at radius 2 is 2.13 bits per heavy atom. The third kappa shape index (κ3) is 4.07. The largest absolute Gasteiger partial charge is 0.198 e. The van der Waals surface area contributed by atoms with Crippen molar-refractivity contribution in [3.63, 3.8) is 0 Å². The normalized spacial score (nSPS) is 31.5. The first-order valence-corrected chi connectivity index (χ1v) is 7.23. The molecule has 1 saturated carbocycles. The molecule has 0 aromatic carbocycles. The maximum atomic E-state index is 9.12. The molecule has 0 aromatic heterocycles. The van der Waals surface area contributed by atoms with Crippen LogP contribution >= 0.6 is 11.8 Å². The zero-order valence-electron chi connectivity index (χ0n) is 10.2. The van der Waals surface area contributed by atoms with Crippen molar-refractivity contribution in [2.75, 3.05) is 5.75 Å². The minimum atomic E-state index is 0.316. The summed E-state index contributed by atoms with van der Waals surface area (Å²) in [4.78, 5) is 0. The highest BCUT2D eigenvalue weighted by Gasteiger charge is 2.29. The molecule has 0 bridgehead atoms. The number of hydrogen-bond donors (Lipinski definition) is 0. The molecule has 0 aliphatic heterocycles. The first-order valence-electron chi connectivity index (χ1n) is 6.18. The Kier molecular flexibility index (Phi) is 5.53. The van der Waals surface area contributed by atoms with Crippen LogP contribution in [-0.4, -0.2) is 11.0 Å². The van der Waals surface area contributed by atoms with Crippen molar-refractivity contribution in [2.45, 2.75) is 51.7 Å². The van der Waals surface area contributed by atoms with Gasteiger partial charge in [0.15, 0.2) is 0 Å². The summed E-state index contributed by atoms with van der Waals surface area (Å²) in [6, 6.07) is 2.50. The summed E-state index contributed by atoms with van der Waals surface area (Å²) < 4.78 is 0. The van der Waals surface area contributed by atoms with E-state index in [-0.39, 0.29) is 0 Å². The van der Waals surface area contributed by atoms with Gasteiger partial charge in [-0.05, 0) is 36.9 Å². The smallest absolute Gasteiger partial charge is 0.0667 e. The van der Waals surface area contributed by atoms with E-state index in [2.05, 4.69) is 26.8 Å². The average molecular weight is 225 g/mol. The van der Waals surface area contributed by atoms with Crippen LogP contribution in [0, 0.1) is 29.1 Å². The number of rotatable bonds is 4. The van der Waals surface area contributed by atoms with Crippen LogP contribution in [0.2, 0.25) is 0 Å². The zero-order chi connectivity index (χ0) is 11.3. The Morgan fingerprint density at radius 3 is 2.67 bits per heavy atom. The minimum Gasteiger partial charge on any atom is -0.198 e. The number of thioether (sulfide) groups is 1. The molecule has 3 atom stereocenters. The van der Waals surface area contributed by atoms with Gasteiger partial charge in [-0.25, -0.2) is 0 Å². The second-order valence-corrected chi connectivity index (χ2v) is 6.36. The zero-order valence-corrected chi connectivity index (χ0v) is 11.0. The quantitative estimate of drug-likeness (QED) is 0.719. The van der Waals surface area contributed by atoms with Gasteiger partial charge in [-0.1, -0.05) is 27.2 Å². The maximum Gasteiger partial charge on any atom is 0.0667 e. The Bertz CT molecular complexity index is 219. The fourth-order valence-corrected chi connectivity index (χ4v) is 3.70. The molecule has 0 amide bonds. The second kappa shape index (κ2) is 6.43. The summed E-state index contributed by atoms with van der Waals surface area (Å²) in [6.07, 6.45) is 4.96. The fraction of sp³-hybridized carbons (Fsp3) is 0.923. The summed E-state index contributed by atoms with van der Waals surface area (Å²) in [5.41, 5.74) is 0. The molecule has 86 valence electrons. The molecule has 0 N–H and O–H groups in total. The molecule has 0 saturated heterocycles. The average Bonchev–Trinajstić information content (AvgIpc) is 2.25. The number of hydrogen-bond acceptors (Lipinski definition) is 2. The van der Waals surface area contributed by atoms with E-state index >= 15 is 0 Å². The standard InChI is InChI=1S/C13H23NS/c1-4-11-5-6-12(8-14)13(7-11)15-9-10(2)3/h10-13H,4-7,9H2,1-3H3. The van der Waals surface area contributed by atoms with Crippen LogP contribution in [0.4, 0.5) is 0 Å². The van der Waals surface area contributed by atoms with E-state index in [4.69, 9.17) is 5.26 Å². The molecule has 0 aromatic rings. The molecular formula is C13H23NS. The molecule has 1 fully saturated rings. The molecule has 0 radical (unpaired) electrons. The van der Waals surface area contributed by atoms with Gasteiger partial charge in [0.1, 0.15) is 0 Å². The summed E-state index contributed by atoms with van der Waals surface area (Å²) in [5.74, 6) is 3.14. The third-order valence-corrected chi connectivity index (χ3v) is 5.10. The summed E-state index contributed by atoms with van der Waals surface area (Å²) in [7, 11) is 0. The Labute approximate surface area is 98.6 Å². The van der Waals surface area contributed by atoms with Crippen LogP contribution < -0.4 is 0 Å². The van der Waals surface area contributed by atoms with Crippen molar-refractivity contribution in [3.8, 4) is 6.07 Å². The van der Waals surface area contributed by atoms with Crippen LogP contribution in [0.15, 0.2) is 0 Å². The van der Waals surface area contributed by atoms with E-state index in [9.17, 15) is 0 Å². The first kappa shape index (κ1) is 12.9. The SMILES string of the molecule is CCC1CCC(C#N)C(SCC(C)C)C1.